The molecule has 2 heterocycles. The molecule has 0 atom stereocenters. The van der Waals surface area contributed by atoms with Gasteiger partial charge in [-0.2, -0.15) is 5.10 Å². The van der Waals surface area contributed by atoms with E-state index in [0.29, 0.717) is 23.5 Å². The Morgan fingerprint density at radius 1 is 1.55 bits per heavy atom. The van der Waals surface area contributed by atoms with Gasteiger partial charge in [0.15, 0.2) is 0 Å². The fourth-order valence-electron chi connectivity index (χ4n) is 2.37. The molecule has 2 rings (SSSR count). The highest BCUT2D eigenvalue weighted by molar-refractivity contribution is 6.33. The van der Waals surface area contributed by atoms with Crippen molar-refractivity contribution in [3.05, 3.63) is 21.6 Å². The van der Waals surface area contributed by atoms with Crippen LogP contribution in [-0.2, 0) is 6.54 Å². The quantitative estimate of drug-likeness (QED) is 0.869. The Labute approximate surface area is 124 Å². The van der Waals surface area contributed by atoms with Crippen LogP contribution in [0.3, 0.4) is 0 Å². The van der Waals surface area contributed by atoms with Gasteiger partial charge in [-0.25, -0.2) is 4.68 Å². The van der Waals surface area contributed by atoms with E-state index >= 15 is 0 Å². The second-order valence-electron chi connectivity index (χ2n) is 5.73. The number of halogens is 1. The standard InChI is InChI=1S/C14H23ClN4O/c1-4-5-18(11-6-16-7-11)12-8-17-19(9-10(2)3)14(20)13(12)15/h8,10-11,16H,4-7,9H2,1-3H3. The molecule has 1 aliphatic heterocycles. The lowest BCUT2D eigenvalue weighted by Crippen LogP contribution is -2.58. The smallest absolute Gasteiger partial charge is 0.287 e. The van der Waals surface area contributed by atoms with Crippen molar-refractivity contribution in [3.63, 3.8) is 0 Å². The van der Waals surface area contributed by atoms with Gasteiger partial charge < -0.3 is 10.2 Å². The second kappa shape index (κ2) is 6.59. The van der Waals surface area contributed by atoms with Gasteiger partial charge >= 0.3 is 0 Å². The van der Waals surface area contributed by atoms with Gasteiger partial charge in [0.05, 0.1) is 17.9 Å². The lowest BCUT2D eigenvalue weighted by Gasteiger charge is -2.39. The summed E-state index contributed by atoms with van der Waals surface area (Å²) in [5, 5.41) is 7.83. The van der Waals surface area contributed by atoms with Crippen LogP contribution in [0.2, 0.25) is 5.02 Å². The van der Waals surface area contributed by atoms with Crippen LogP contribution in [0.1, 0.15) is 27.2 Å². The SMILES string of the molecule is CCCN(c1cnn(CC(C)C)c(=O)c1Cl)C1CNC1. The minimum Gasteiger partial charge on any atom is -0.363 e. The zero-order chi connectivity index (χ0) is 14.7. The zero-order valence-corrected chi connectivity index (χ0v) is 13.2. The molecule has 0 unspecified atom stereocenters. The molecule has 20 heavy (non-hydrogen) atoms. The van der Waals surface area contributed by atoms with E-state index in [4.69, 9.17) is 11.6 Å². The maximum atomic E-state index is 12.3. The monoisotopic (exact) mass is 298 g/mol. The Morgan fingerprint density at radius 2 is 2.25 bits per heavy atom. The molecule has 1 aromatic rings. The van der Waals surface area contributed by atoms with Crippen molar-refractivity contribution in [2.75, 3.05) is 24.5 Å². The molecule has 0 aromatic carbocycles. The lowest BCUT2D eigenvalue weighted by molar-refractivity contribution is 0.410. The Kier molecular flexibility index (Phi) is 5.05. The molecular weight excluding hydrogens is 276 g/mol. The van der Waals surface area contributed by atoms with Crippen molar-refractivity contribution in [2.45, 2.75) is 39.8 Å². The Bertz CT molecular complexity index is 510. The first-order chi connectivity index (χ1) is 9.54. The molecule has 1 aliphatic rings. The van der Waals surface area contributed by atoms with E-state index in [0.717, 1.165) is 31.7 Å². The number of nitrogens with zero attached hydrogens (tertiary/aromatic N) is 3. The van der Waals surface area contributed by atoms with Crippen LogP contribution < -0.4 is 15.8 Å². The highest BCUT2D eigenvalue weighted by atomic mass is 35.5. The highest BCUT2D eigenvalue weighted by Gasteiger charge is 2.27. The van der Waals surface area contributed by atoms with Crippen LogP contribution in [0.5, 0.6) is 0 Å². The summed E-state index contributed by atoms with van der Waals surface area (Å²) >= 11 is 6.30. The number of rotatable bonds is 6. The van der Waals surface area contributed by atoms with Crippen LogP contribution in [0.25, 0.3) is 0 Å². The summed E-state index contributed by atoms with van der Waals surface area (Å²) in [6, 6.07) is 0.412. The Morgan fingerprint density at radius 3 is 2.75 bits per heavy atom. The summed E-state index contributed by atoms with van der Waals surface area (Å²) in [5.74, 6) is 0.365. The molecule has 1 saturated heterocycles. The summed E-state index contributed by atoms with van der Waals surface area (Å²) < 4.78 is 1.46. The molecule has 5 nitrogen and oxygen atoms in total. The maximum absolute atomic E-state index is 12.3. The number of hydrogen-bond acceptors (Lipinski definition) is 4. The second-order valence-corrected chi connectivity index (χ2v) is 6.11. The topological polar surface area (TPSA) is 50.2 Å². The molecule has 0 amide bonds. The molecule has 6 heteroatoms. The predicted octanol–water partition coefficient (Wildman–Crippen LogP) is 1.74. The van der Waals surface area contributed by atoms with Gasteiger partial charge in [-0.15, -0.1) is 0 Å². The average Bonchev–Trinajstić information content (AvgIpc) is 2.32. The van der Waals surface area contributed by atoms with Crippen molar-refractivity contribution in [1.29, 1.82) is 0 Å². The van der Waals surface area contributed by atoms with Gasteiger partial charge in [0.2, 0.25) is 0 Å². The largest absolute Gasteiger partial charge is 0.363 e. The third-order valence-corrected chi connectivity index (χ3v) is 3.83. The van der Waals surface area contributed by atoms with Gasteiger partial charge in [0.1, 0.15) is 5.02 Å². The fourth-order valence-corrected chi connectivity index (χ4v) is 2.62. The van der Waals surface area contributed by atoms with Crippen molar-refractivity contribution in [2.24, 2.45) is 5.92 Å². The van der Waals surface area contributed by atoms with E-state index in [2.05, 4.69) is 36.1 Å². The van der Waals surface area contributed by atoms with Crippen LogP contribution >= 0.6 is 11.6 Å². The number of hydrogen-bond donors (Lipinski definition) is 1. The van der Waals surface area contributed by atoms with E-state index < -0.39 is 0 Å². The summed E-state index contributed by atoms with van der Waals surface area (Å²) in [5.41, 5.74) is 0.580. The van der Waals surface area contributed by atoms with E-state index in [1.54, 1.807) is 6.20 Å². The van der Waals surface area contributed by atoms with Crippen LogP contribution in [-0.4, -0.2) is 35.5 Å². The van der Waals surface area contributed by atoms with Crippen molar-refractivity contribution < 1.29 is 0 Å². The first-order valence-corrected chi connectivity index (χ1v) is 7.65. The normalized spacial score (nSPS) is 15.4. The zero-order valence-electron chi connectivity index (χ0n) is 12.4. The summed E-state index contributed by atoms with van der Waals surface area (Å²) in [6.07, 6.45) is 2.75. The number of aromatic nitrogens is 2. The van der Waals surface area contributed by atoms with Crippen molar-refractivity contribution >= 4 is 17.3 Å². The minimum absolute atomic E-state index is 0.189. The summed E-state index contributed by atoms with van der Waals surface area (Å²) in [6.45, 7) is 9.59. The molecular formula is C14H23ClN4O. The van der Waals surface area contributed by atoms with E-state index in [1.165, 1.54) is 4.68 Å². The third-order valence-electron chi connectivity index (χ3n) is 3.48. The molecule has 0 spiro atoms. The summed E-state index contributed by atoms with van der Waals surface area (Å²) in [4.78, 5) is 14.5. The molecule has 1 fully saturated rings. The Balaban J connectivity index is 2.31. The Hall–Kier alpha value is -1.07. The number of anilines is 1. The van der Waals surface area contributed by atoms with Gasteiger partial charge in [0.25, 0.3) is 5.56 Å². The molecule has 0 bridgehead atoms. The average molecular weight is 299 g/mol. The molecule has 1 aromatic heterocycles. The van der Waals surface area contributed by atoms with E-state index in [-0.39, 0.29) is 5.56 Å². The van der Waals surface area contributed by atoms with Crippen LogP contribution in [0, 0.1) is 5.92 Å². The molecule has 112 valence electrons. The molecule has 0 radical (unpaired) electrons. The molecule has 0 saturated carbocycles. The third kappa shape index (κ3) is 3.15. The first-order valence-electron chi connectivity index (χ1n) is 7.27. The molecule has 0 aliphatic carbocycles. The van der Waals surface area contributed by atoms with Gasteiger partial charge in [-0.1, -0.05) is 32.4 Å². The minimum atomic E-state index is -0.189. The fraction of sp³-hybridized carbons (Fsp3) is 0.714. The maximum Gasteiger partial charge on any atom is 0.287 e. The van der Waals surface area contributed by atoms with Crippen LogP contribution in [0.15, 0.2) is 11.0 Å². The lowest BCUT2D eigenvalue weighted by atomic mass is 10.1. The first kappa shape index (κ1) is 15.3. The van der Waals surface area contributed by atoms with Crippen molar-refractivity contribution in [1.82, 2.24) is 15.1 Å². The highest BCUT2D eigenvalue weighted by Crippen LogP contribution is 2.24. The predicted molar refractivity (Wildman–Crippen MR) is 82.6 cm³/mol. The molecule has 1 N–H and O–H groups in total. The van der Waals surface area contributed by atoms with Crippen LogP contribution in [0.4, 0.5) is 5.69 Å². The van der Waals surface area contributed by atoms with Gasteiger partial charge in [0, 0.05) is 26.2 Å². The van der Waals surface area contributed by atoms with Crippen molar-refractivity contribution in [3.8, 4) is 0 Å². The van der Waals surface area contributed by atoms with E-state index in [1.807, 2.05) is 0 Å². The summed E-state index contributed by atoms with van der Waals surface area (Å²) in [7, 11) is 0. The van der Waals surface area contributed by atoms with Gasteiger partial charge in [-0.05, 0) is 12.3 Å². The van der Waals surface area contributed by atoms with E-state index in [9.17, 15) is 4.79 Å². The van der Waals surface area contributed by atoms with Gasteiger partial charge in [-0.3, -0.25) is 4.79 Å². The number of nitrogens with one attached hydrogen (secondary N) is 1.